The molecule has 4 amide bonds. The maximum Gasteiger partial charge on any atom is 0.407 e. The quantitative estimate of drug-likeness (QED) is 0.0873. The summed E-state index contributed by atoms with van der Waals surface area (Å²) in [5.41, 5.74) is 7.76. The van der Waals surface area contributed by atoms with E-state index in [0.29, 0.717) is 18.9 Å². The number of methoxy groups -OCH3 is 2. The number of carbonyl (C=O) groups is 4. The average molecular weight is 805 g/mol. The molecule has 3 heterocycles. The summed E-state index contributed by atoms with van der Waals surface area (Å²) in [5, 5.41) is 5.40. The Morgan fingerprint density at radius 1 is 0.797 bits per heavy atom. The van der Waals surface area contributed by atoms with Crippen LogP contribution in [0, 0.1) is 11.8 Å². The molecule has 0 aliphatic carbocycles. The van der Waals surface area contributed by atoms with Gasteiger partial charge in [-0.25, -0.2) is 19.6 Å². The predicted octanol–water partition coefficient (Wildman–Crippen LogP) is 8.01. The Kier molecular flexibility index (Phi) is 13.4. The zero-order chi connectivity index (χ0) is 42.4. The number of fused-ring (bicyclic) bond motifs is 1. The first kappa shape index (κ1) is 42.4. The van der Waals surface area contributed by atoms with Gasteiger partial charge in [-0.1, -0.05) is 89.2 Å². The minimum Gasteiger partial charge on any atom is -0.453 e. The molecular formula is C45H56N8O6. The fraction of sp³-hybridized carbons (Fsp3) is 0.422. The van der Waals surface area contributed by atoms with Gasteiger partial charge in [0.05, 0.1) is 49.2 Å². The predicted molar refractivity (Wildman–Crippen MR) is 227 cm³/mol. The summed E-state index contributed by atoms with van der Waals surface area (Å²) in [4.78, 5) is 71.3. The third-order valence-electron chi connectivity index (χ3n) is 11.1. The minimum atomic E-state index is -0.725. The van der Waals surface area contributed by atoms with Gasteiger partial charge in [0.25, 0.3) is 0 Å². The molecular weight excluding hydrogens is 749 g/mol. The van der Waals surface area contributed by atoms with E-state index in [2.05, 4.69) is 86.2 Å². The van der Waals surface area contributed by atoms with Crippen LogP contribution in [0.3, 0.4) is 0 Å². The molecule has 4 N–H and O–H groups in total. The van der Waals surface area contributed by atoms with E-state index in [1.54, 1.807) is 11.1 Å². The number of amides is 4. The van der Waals surface area contributed by atoms with Crippen LogP contribution < -0.4 is 10.6 Å². The summed E-state index contributed by atoms with van der Waals surface area (Å²) in [6, 6.07) is 20.9. The van der Waals surface area contributed by atoms with Crippen LogP contribution in [0.2, 0.25) is 0 Å². The third-order valence-corrected chi connectivity index (χ3v) is 11.1. The number of aromatic nitrogens is 4. The fourth-order valence-electron chi connectivity index (χ4n) is 7.71. The number of carbonyl (C=O) groups excluding carboxylic acids is 4. The monoisotopic (exact) mass is 804 g/mol. The molecule has 0 spiro atoms. The van der Waals surface area contributed by atoms with Gasteiger partial charge >= 0.3 is 12.2 Å². The van der Waals surface area contributed by atoms with Crippen LogP contribution in [-0.4, -0.2) is 93.1 Å². The van der Waals surface area contributed by atoms with Gasteiger partial charge in [0.2, 0.25) is 11.8 Å². The molecule has 3 aromatic carbocycles. The standard InChI is InChI=1S/C45H56N8O6/c1-9-22-52(42(54)38(26(2)3)50-44(56)58-7)28(6)40-46-25-36(49-40)32-18-16-30(17-19-32)29-12-14-31(15-13-29)33-20-21-34-35(24-33)48-41(47-34)37-11-10-23-53(37)43(55)39(27(4)5)51-45(57)59-8/h12-21,24-28,37-39H,9-11,22-23H2,1-8H3,(H,46,49)(H,47,48)(H,50,56)(H,51,57)/t28-,37-,38-,39-/m0/s1. The van der Waals surface area contributed by atoms with E-state index >= 15 is 0 Å². The Morgan fingerprint density at radius 3 is 1.93 bits per heavy atom. The highest BCUT2D eigenvalue weighted by molar-refractivity contribution is 5.88. The topological polar surface area (TPSA) is 175 Å². The first-order chi connectivity index (χ1) is 28.3. The molecule has 0 unspecified atom stereocenters. The number of hydrogen-bond donors (Lipinski definition) is 4. The molecule has 6 rings (SSSR count). The van der Waals surface area contributed by atoms with Gasteiger partial charge in [-0.05, 0) is 78.0 Å². The largest absolute Gasteiger partial charge is 0.453 e. The van der Waals surface area contributed by atoms with Crippen molar-refractivity contribution in [3.63, 3.8) is 0 Å². The van der Waals surface area contributed by atoms with Crippen LogP contribution in [0.25, 0.3) is 44.5 Å². The summed E-state index contributed by atoms with van der Waals surface area (Å²) < 4.78 is 9.54. The third kappa shape index (κ3) is 9.42. The number of H-pyrrole nitrogens is 2. The average Bonchev–Trinajstić information content (AvgIpc) is 4.03. The van der Waals surface area contributed by atoms with Crippen molar-refractivity contribution in [3.8, 4) is 33.5 Å². The van der Waals surface area contributed by atoms with E-state index in [1.165, 1.54) is 14.2 Å². The smallest absolute Gasteiger partial charge is 0.407 e. The molecule has 0 saturated carbocycles. The lowest BCUT2D eigenvalue weighted by molar-refractivity contribution is -0.137. The van der Waals surface area contributed by atoms with Gasteiger partial charge in [0.1, 0.15) is 23.7 Å². The number of benzene rings is 3. The second-order valence-electron chi connectivity index (χ2n) is 15.8. The summed E-state index contributed by atoms with van der Waals surface area (Å²) in [7, 11) is 2.58. The van der Waals surface area contributed by atoms with E-state index < -0.39 is 24.3 Å². The first-order valence-electron chi connectivity index (χ1n) is 20.4. The number of aromatic amines is 2. The Bertz CT molecular complexity index is 2250. The normalized spacial score (nSPS) is 15.6. The summed E-state index contributed by atoms with van der Waals surface area (Å²) in [6.45, 7) is 12.6. The number of nitrogens with zero attached hydrogens (tertiary/aromatic N) is 4. The molecule has 4 atom stereocenters. The van der Waals surface area contributed by atoms with E-state index in [9.17, 15) is 19.2 Å². The summed E-state index contributed by atoms with van der Waals surface area (Å²) >= 11 is 0. The Morgan fingerprint density at radius 2 is 1.36 bits per heavy atom. The van der Waals surface area contributed by atoms with Crippen molar-refractivity contribution < 1.29 is 28.7 Å². The molecule has 0 bridgehead atoms. The first-order valence-corrected chi connectivity index (χ1v) is 20.4. The molecule has 5 aromatic rings. The molecule has 0 radical (unpaired) electrons. The second-order valence-corrected chi connectivity index (χ2v) is 15.8. The number of imidazole rings is 2. The fourth-order valence-corrected chi connectivity index (χ4v) is 7.71. The molecule has 59 heavy (non-hydrogen) atoms. The number of nitrogens with one attached hydrogen (secondary N) is 4. The molecule has 1 aliphatic rings. The lowest BCUT2D eigenvalue weighted by Gasteiger charge is -2.33. The van der Waals surface area contributed by atoms with Crippen LogP contribution in [0.1, 0.15) is 84.5 Å². The number of rotatable bonds is 14. The van der Waals surface area contributed by atoms with Crippen molar-refractivity contribution in [1.82, 2.24) is 40.4 Å². The van der Waals surface area contributed by atoms with E-state index in [-0.39, 0.29) is 35.7 Å². The highest BCUT2D eigenvalue weighted by Gasteiger charge is 2.38. The minimum absolute atomic E-state index is 0.108. The zero-order valence-electron chi connectivity index (χ0n) is 35.2. The van der Waals surface area contributed by atoms with Crippen LogP contribution >= 0.6 is 0 Å². The van der Waals surface area contributed by atoms with E-state index in [1.807, 2.05) is 52.5 Å². The summed E-state index contributed by atoms with van der Waals surface area (Å²) in [6.07, 6.45) is 2.90. The second kappa shape index (κ2) is 18.6. The van der Waals surface area contributed by atoms with Crippen LogP contribution in [0.15, 0.2) is 72.9 Å². The van der Waals surface area contributed by atoms with Crippen molar-refractivity contribution >= 4 is 35.0 Å². The molecule has 14 heteroatoms. The SMILES string of the molecule is CCCN(C(=O)[C@@H](NC(=O)OC)C(C)C)[C@@H](C)c1ncc(-c2ccc(-c3ccc(-c4ccc5nc([C@@H]6CCCN6C(=O)[C@@H](NC(=O)OC)C(C)C)[nH]c5c4)cc3)cc2)[nH]1. The van der Waals surface area contributed by atoms with Crippen molar-refractivity contribution in [2.24, 2.45) is 11.8 Å². The molecule has 1 aliphatic heterocycles. The Labute approximate surface area is 345 Å². The lowest BCUT2D eigenvalue weighted by Crippen LogP contribution is -2.52. The molecule has 2 aromatic heterocycles. The van der Waals surface area contributed by atoms with Crippen molar-refractivity contribution in [1.29, 1.82) is 0 Å². The van der Waals surface area contributed by atoms with Gasteiger partial charge in [0, 0.05) is 13.1 Å². The highest BCUT2D eigenvalue weighted by Crippen LogP contribution is 2.34. The maximum atomic E-state index is 13.7. The maximum absolute atomic E-state index is 13.7. The van der Waals surface area contributed by atoms with Gasteiger partial charge in [0.15, 0.2) is 0 Å². The van der Waals surface area contributed by atoms with E-state index in [0.717, 1.165) is 69.6 Å². The van der Waals surface area contributed by atoms with Gasteiger partial charge in [-0.15, -0.1) is 0 Å². The zero-order valence-corrected chi connectivity index (χ0v) is 35.2. The molecule has 312 valence electrons. The van der Waals surface area contributed by atoms with Crippen molar-refractivity contribution in [3.05, 3.63) is 84.6 Å². The molecule has 1 fully saturated rings. The lowest BCUT2D eigenvalue weighted by atomic mass is 9.99. The number of likely N-dealkylation sites (tertiary alicyclic amines) is 1. The Hall–Kier alpha value is -6.18. The molecule has 1 saturated heterocycles. The van der Waals surface area contributed by atoms with Crippen LogP contribution in [-0.2, 0) is 19.1 Å². The number of ether oxygens (including phenoxy) is 2. The van der Waals surface area contributed by atoms with Crippen LogP contribution in [0.4, 0.5) is 9.59 Å². The van der Waals surface area contributed by atoms with Gasteiger partial charge in [-0.3, -0.25) is 9.59 Å². The summed E-state index contributed by atoms with van der Waals surface area (Å²) in [5.74, 6) is 0.838. The van der Waals surface area contributed by atoms with Crippen molar-refractivity contribution in [2.45, 2.75) is 85.0 Å². The molecule has 14 nitrogen and oxygen atoms in total. The van der Waals surface area contributed by atoms with E-state index in [4.69, 9.17) is 14.5 Å². The number of alkyl carbamates (subject to hydrolysis) is 2. The van der Waals surface area contributed by atoms with Crippen LogP contribution in [0.5, 0.6) is 0 Å². The Balaban J connectivity index is 1.13. The highest BCUT2D eigenvalue weighted by atomic mass is 16.5. The van der Waals surface area contributed by atoms with Crippen molar-refractivity contribution in [2.75, 3.05) is 27.3 Å². The van der Waals surface area contributed by atoms with Gasteiger partial charge < -0.3 is 39.9 Å². The number of hydrogen-bond acceptors (Lipinski definition) is 8. The van der Waals surface area contributed by atoms with Gasteiger partial charge in [-0.2, -0.15) is 0 Å².